The van der Waals surface area contributed by atoms with Gasteiger partial charge in [-0.15, -0.1) is 0 Å². The van der Waals surface area contributed by atoms with Gasteiger partial charge in [0.05, 0.1) is 13.0 Å². The monoisotopic (exact) mass is 411 g/mol. The van der Waals surface area contributed by atoms with Crippen LogP contribution in [0.15, 0.2) is 0 Å². The van der Waals surface area contributed by atoms with Gasteiger partial charge < -0.3 is 10.5 Å². The Bertz CT molecular complexity index is 473. The van der Waals surface area contributed by atoms with E-state index >= 15 is 0 Å². The van der Waals surface area contributed by atoms with Crippen molar-refractivity contribution < 1.29 is 27.3 Å². The molecule has 1 amide bonds. The van der Waals surface area contributed by atoms with E-state index in [1.54, 1.807) is 0 Å². The van der Waals surface area contributed by atoms with E-state index in [9.17, 15) is 18.0 Å². The summed E-state index contributed by atoms with van der Waals surface area (Å²) >= 11 is 0. The number of carbonyl (C=O) groups is 2. The summed E-state index contributed by atoms with van der Waals surface area (Å²) in [4.78, 5) is 22.4. The SMILES string of the molecule is CCCCCCCCCCCCOC(=O)C(CC(N)=O)S(=O)(=O)O.[Na].[Na]. The van der Waals surface area contributed by atoms with Gasteiger partial charge in [-0.3, -0.25) is 14.1 Å². The van der Waals surface area contributed by atoms with E-state index in [-0.39, 0.29) is 65.7 Å². The summed E-state index contributed by atoms with van der Waals surface area (Å²) in [5.41, 5.74) is 4.87. The van der Waals surface area contributed by atoms with Gasteiger partial charge in [0, 0.05) is 59.1 Å². The summed E-state index contributed by atoms with van der Waals surface area (Å²) in [6.45, 7) is 2.26. The topological polar surface area (TPSA) is 124 Å². The second-order valence-electron chi connectivity index (χ2n) is 6.02. The van der Waals surface area contributed by atoms with Crippen LogP contribution in [0.4, 0.5) is 0 Å². The number of carbonyl (C=O) groups excluding carboxylic acids is 2. The van der Waals surface area contributed by atoms with Gasteiger partial charge in [0.15, 0.2) is 5.25 Å². The number of ether oxygens (including phenoxy) is 1. The fourth-order valence-electron chi connectivity index (χ4n) is 2.35. The predicted molar refractivity (Wildman–Crippen MR) is 103 cm³/mol. The minimum absolute atomic E-state index is 0. The minimum Gasteiger partial charge on any atom is -0.465 e. The maximum atomic E-state index is 11.6. The van der Waals surface area contributed by atoms with E-state index in [0.717, 1.165) is 19.3 Å². The number of hydrogen-bond donors (Lipinski definition) is 2. The first-order valence-electron chi connectivity index (χ1n) is 8.70. The van der Waals surface area contributed by atoms with Gasteiger partial charge in [-0.25, -0.2) is 0 Å². The molecule has 0 rings (SSSR count). The van der Waals surface area contributed by atoms with Crippen LogP contribution in [0.25, 0.3) is 0 Å². The van der Waals surface area contributed by atoms with E-state index in [2.05, 4.69) is 6.92 Å². The third-order valence-electron chi connectivity index (χ3n) is 3.75. The Morgan fingerprint density at radius 3 is 1.73 bits per heavy atom. The molecule has 0 spiro atoms. The number of primary amides is 1. The van der Waals surface area contributed by atoms with Crippen molar-refractivity contribution in [2.45, 2.75) is 82.8 Å². The standard InChI is InChI=1S/C16H31NO6S.2Na/c1-2-3-4-5-6-7-8-9-10-11-12-23-16(19)14(13-15(17)18)24(20,21)22;;/h14H,2-13H2,1H3,(H2,17,18)(H,20,21,22);;. The molecule has 0 bridgehead atoms. The van der Waals surface area contributed by atoms with E-state index in [1.165, 1.54) is 38.5 Å². The first kappa shape index (κ1) is 31.5. The molecule has 3 N–H and O–H groups in total. The fraction of sp³-hybridized carbons (Fsp3) is 0.875. The van der Waals surface area contributed by atoms with Crippen molar-refractivity contribution in [3.05, 3.63) is 0 Å². The van der Waals surface area contributed by atoms with E-state index < -0.39 is 33.7 Å². The number of nitrogens with two attached hydrogens (primary N) is 1. The minimum atomic E-state index is -4.70. The van der Waals surface area contributed by atoms with Crippen molar-refractivity contribution in [1.29, 1.82) is 0 Å². The molecule has 26 heavy (non-hydrogen) atoms. The van der Waals surface area contributed by atoms with Crippen LogP contribution in [-0.4, -0.2) is 95.8 Å². The smallest absolute Gasteiger partial charge is 0.327 e. The molecular weight excluding hydrogens is 380 g/mol. The zero-order valence-electron chi connectivity index (χ0n) is 16.5. The summed E-state index contributed by atoms with van der Waals surface area (Å²) in [5, 5.41) is -1.93. The van der Waals surface area contributed by atoms with Crippen molar-refractivity contribution in [3.8, 4) is 0 Å². The van der Waals surface area contributed by atoms with Crippen molar-refractivity contribution in [2.75, 3.05) is 6.61 Å². The summed E-state index contributed by atoms with van der Waals surface area (Å²) in [7, 11) is -4.70. The first-order valence-corrected chi connectivity index (χ1v) is 10.2. The number of esters is 1. The predicted octanol–water partition coefficient (Wildman–Crippen LogP) is 1.82. The average Bonchev–Trinajstić information content (AvgIpc) is 2.48. The Morgan fingerprint density at radius 1 is 0.923 bits per heavy atom. The van der Waals surface area contributed by atoms with E-state index in [0.29, 0.717) is 6.42 Å². The van der Waals surface area contributed by atoms with Gasteiger partial charge >= 0.3 is 5.97 Å². The number of rotatable bonds is 15. The number of amides is 1. The van der Waals surface area contributed by atoms with E-state index in [1.807, 2.05) is 0 Å². The third-order valence-corrected chi connectivity index (χ3v) is 4.83. The summed E-state index contributed by atoms with van der Waals surface area (Å²) in [6.07, 6.45) is 10.5. The van der Waals surface area contributed by atoms with Crippen LogP contribution in [-0.2, 0) is 24.4 Å². The van der Waals surface area contributed by atoms with Crippen LogP contribution in [0, 0.1) is 0 Å². The second kappa shape index (κ2) is 19.2. The van der Waals surface area contributed by atoms with Gasteiger partial charge in [0.1, 0.15) is 0 Å². The van der Waals surface area contributed by atoms with Gasteiger partial charge in [0.25, 0.3) is 10.1 Å². The fourth-order valence-corrected chi connectivity index (χ4v) is 3.03. The molecule has 7 nitrogen and oxygen atoms in total. The molecule has 144 valence electrons. The Balaban J connectivity index is -0.00000264. The van der Waals surface area contributed by atoms with Gasteiger partial charge in [-0.2, -0.15) is 8.42 Å². The van der Waals surface area contributed by atoms with Crippen LogP contribution in [0.2, 0.25) is 0 Å². The Labute approximate surface area is 201 Å². The molecule has 0 aliphatic carbocycles. The average molecular weight is 411 g/mol. The molecule has 0 fully saturated rings. The van der Waals surface area contributed by atoms with Crippen molar-refractivity contribution in [1.82, 2.24) is 0 Å². The van der Waals surface area contributed by atoms with Crippen molar-refractivity contribution in [2.24, 2.45) is 5.73 Å². The molecule has 1 atom stereocenters. The molecule has 2 radical (unpaired) electrons. The van der Waals surface area contributed by atoms with Crippen LogP contribution in [0.1, 0.15) is 77.6 Å². The normalized spacial score (nSPS) is 11.8. The molecule has 0 heterocycles. The molecule has 0 saturated heterocycles. The third kappa shape index (κ3) is 18.2. The maximum Gasteiger partial charge on any atom is 0.327 e. The molecule has 0 aromatic carbocycles. The molecule has 0 aromatic heterocycles. The Hall–Kier alpha value is 0.850. The quantitative estimate of drug-likeness (QED) is 0.183. The molecule has 0 saturated carbocycles. The molecule has 0 aliphatic rings. The summed E-state index contributed by atoms with van der Waals surface area (Å²) in [5.74, 6) is -2.12. The summed E-state index contributed by atoms with van der Waals surface area (Å²) in [6, 6.07) is 0. The molecule has 0 aromatic rings. The zero-order valence-corrected chi connectivity index (χ0v) is 21.4. The zero-order chi connectivity index (χ0) is 18.4. The number of unbranched alkanes of at least 4 members (excludes halogenated alkanes) is 9. The van der Waals surface area contributed by atoms with Crippen LogP contribution < -0.4 is 5.73 Å². The van der Waals surface area contributed by atoms with Gasteiger partial charge in [0.2, 0.25) is 5.91 Å². The van der Waals surface area contributed by atoms with Crippen LogP contribution >= 0.6 is 0 Å². The van der Waals surface area contributed by atoms with Crippen LogP contribution in [0.3, 0.4) is 0 Å². The molecule has 1 unspecified atom stereocenters. The maximum absolute atomic E-state index is 11.6. The number of hydrogen-bond acceptors (Lipinski definition) is 5. The molecule has 10 heteroatoms. The van der Waals surface area contributed by atoms with Gasteiger partial charge in [-0.1, -0.05) is 64.7 Å². The van der Waals surface area contributed by atoms with Crippen LogP contribution in [0.5, 0.6) is 0 Å². The first-order chi connectivity index (χ1) is 11.3. The summed E-state index contributed by atoms with van der Waals surface area (Å²) < 4.78 is 35.9. The Morgan fingerprint density at radius 2 is 1.35 bits per heavy atom. The Kier molecular flexibility index (Phi) is 23.3. The van der Waals surface area contributed by atoms with Crippen molar-refractivity contribution >= 4 is 81.1 Å². The molecule has 0 aliphatic heterocycles. The van der Waals surface area contributed by atoms with Gasteiger partial charge in [-0.05, 0) is 6.42 Å². The second-order valence-corrected chi connectivity index (χ2v) is 7.62. The van der Waals surface area contributed by atoms with Crippen molar-refractivity contribution in [3.63, 3.8) is 0 Å². The largest absolute Gasteiger partial charge is 0.465 e. The van der Waals surface area contributed by atoms with E-state index in [4.69, 9.17) is 15.0 Å². The molecular formula is C16H31NNa2O6S.